The van der Waals surface area contributed by atoms with E-state index >= 15 is 0 Å². The lowest BCUT2D eigenvalue weighted by Gasteiger charge is -2.06. The van der Waals surface area contributed by atoms with Gasteiger partial charge in [-0.25, -0.2) is 4.98 Å². The van der Waals surface area contributed by atoms with Crippen molar-refractivity contribution in [1.29, 1.82) is 0 Å². The maximum atomic E-state index is 12.3. The van der Waals surface area contributed by atoms with Gasteiger partial charge in [0, 0.05) is 47.0 Å². The van der Waals surface area contributed by atoms with Crippen LogP contribution in [-0.4, -0.2) is 20.9 Å². The van der Waals surface area contributed by atoms with E-state index < -0.39 is 0 Å². The number of carbonyl (C=O) groups excluding carboxylic acids is 1. The summed E-state index contributed by atoms with van der Waals surface area (Å²) in [4.78, 5) is 25.0. The Bertz CT molecular complexity index is 1030. The number of nitrogens with zero attached hydrogens (tertiary/aromatic N) is 3. The number of aromatic nitrogens is 3. The van der Waals surface area contributed by atoms with E-state index in [4.69, 9.17) is 4.98 Å². The molecule has 26 heavy (non-hydrogen) atoms. The van der Waals surface area contributed by atoms with E-state index in [2.05, 4.69) is 15.3 Å². The molecule has 0 aliphatic heterocycles. The van der Waals surface area contributed by atoms with Crippen LogP contribution < -0.4 is 5.32 Å². The summed E-state index contributed by atoms with van der Waals surface area (Å²) in [6.07, 6.45) is 6.69. The Morgan fingerprint density at radius 3 is 2.62 bits per heavy atom. The number of carbonyl (C=O) groups is 1. The third-order valence-electron chi connectivity index (χ3n) is 3.77. The molecular weight excluding hydrogens is 344 g/mol. The number of amides is 1. The summed E-state index contributed by atoms with van der Waals surface area (Å²) in [5.41, 5.74) is 4.10. The van der Waals surface area contributed by atoms with Gasteiger partial charge < -0.3 is 5.32 Å². The molecule has 4 rings (SSSR count). The minimum Gasteiger partial charge on any atom is -0.322 e. The van der Waals surface area contributed by atoms with Crippen molar-refractivity contribution in [1.82, 2.24) is 15.0 Å². The normalized spacial score (nSPS) is 10.5. The van der Waals surface area contributed by atoms with Crippen LogP contribution in [0.5, 0.6) is 0 Å². The highest BCUT2D eigenvalue weighted by molar-refractivity contribution is 7.13. The first-order valence-electron chi connectivity index (χ1n) is 7.97. The molecule has 6 heteroatoms. The van der Waals surface area contributed by atoms with Gasteiger partial charge in [0.2, 0.25) is 0 Å². The van der Waals surface area contributed by atoms with E-state index in [0.29, 0.717) is 5.56 Å². The van der Waals surface area contributed by atoms with Gasteiger partial charge in [0.15, 0.2) is 0 Å². The Balaban J connectivity index is 1.57. The number of hydrogen-bond donors (Lipinski definition) is 1. The molecule has 0 fully saturated rings. The first kappa shape index (κ1) is 16.1. The van der Waals surface area contributed by atoms with Crippen LogP contribution in [0.15, 0.2) is 78.7 Å². The number of nitrogens with one attached hydrogen (secondary N) is 1. The van der Waals surface area contributed by atoms with E-state index in [9.17, 15) is 4.79 Å². The van der Waals surface area contributed by atoms with Gasteiger partial charge in [0.05, 0.1) is 11.3 Å². The molecule has 0 bridgehead atoms. The quantitative estimate of drug-likeness (QED) is 0.582. The Hall–Kier alpha value is -3.38. The number of thiazole rings is 1. The predicted octanol–water partition coefficient (Wildman–Crippen LogP) is 4.52. The minimum atomic E-state index is -0.189. The second-order valence-electron chi connectivity index (χ2n) is 5.55. The van der Waals surface area contributed by atoms with Gasteiger partial charge in [-0.2, -0.15) is 0 Å². The lowest BCUT2D eigenvalue weighted by atomic mass is 10.1. The molecule has 1 N–H and O–H groups in total. The summed E-state index contributed by atoms with van der Waals surface area (Å²) in [7, 11) is 0. The summed E-state index contributed by atoms with van der Waals surface area (Å²) in [5, 5.41) is 5.84. The third-order valence-corrected chi connectivity index (χ3v) is 4.66. The van der Waals surface area contributed by atoms with E-state index in [-0.39, 0.29) is 5.91 Å². The van der Waals surface area contributed by atoms with Crippen LogP contribution in [0.3, 0.4) is 0 Å². The van der Waals surface area contributed by atoms with E-state index in [1.807, 2.05) is 41.8 Å². The largest absolute Gasteiger partial charge is 0.322 e. The van der Waals surface area contributed by atoms with Crippen LogP contribution in [0, 0.1) is 0 Å². The van der Waals surface area contributed by atoms with Gasteiger partial charge in [-0.3, -0.25) is 14.8 Å². The Kier molecular flexibility index (Phi) is 4.49. The molecule has 5 nitrogen and oxygen atoms in total. The van der Waals surface area contributed by atoms with Crippen molar-refractivity contribution in [3.8, 4) is 21.8 Å². The van der Waals surface area contributed by atoms with Crippen LogP contribution >= 0.6 is 11.3 Å². The second kappa shape index (κ2) is 7.25. The van der Waals surface area contributed by atoms with Gasteiger partial charge in [-0.1, -0.05) is 12.1 Å². The molecule has 1 amide bonds. The summed E-state index contributed by atoms with van der Waals surface area (Å²) < 4.78 is 0. The highest BCUT2D eigenvalue weighted by Gasteiger charge is 2.09. The summed E-state index contributed by atoms with van der Waals surface area (Å²) in [5.74, 6) is -0.189. The summed E-state index contributed by atoms with van der Waals surface area (Å²) in [6.45, 7) is 0. The average molecular weight is 358 g/mol. The van der Waals surface area contributed by atoms with Crippen molar-refractivity contribution < 1.29 is 4.79 Å². The van der Waals surface area contributed by atoms with Crippen molar-refractivity contribution in [3.05, 3.63) is 84.3 Å². The molecular formula is C20H14N4OS. The first-order valence-corrected chi connectivity index (χ1v) is 8.85. The number of anilines is 1. The zero-order valence-corrected chi connectivity index (χ0v) is 14.5. The number of rotatable bonds is 4. The van der Waals surface area contributed by atoms with Gasteiger partial charge >= 0.3 is 0 Å². The molecule has 0 aliphatic rings. The minimum absolute atomic E-state index is 0.189. The summed E-state index contributed by atoms with van der Waals surface area (Å²) >= 11 is 1.58. The summed E-state index contributed by atoms with van der Waals surface area (Å²) in [6, 6.07) is 15.0. The van der Waals surface area contributed by atoms with Crippen molar-refractivity contribution in [2.45, 2.75) is 0 Å². The smallest absolute Gasteiger partial charge is 0.257 e. The van der Waals surface area contributed by atoms with E-state index in [1.54, 1.807) is 48.3 Å². The van der Waals surface area contributed by atoms with Gasteiger partial charge in [-0.15, -0.1) is 11.3 Å². The van der Waals surface area contributed by atoms with Crippen molar-refractivity contribution in [2.24, 2.45) is 0 Å². The molecule has 3 aromatic heterocycles. The molecule has 1 aromatic carbocycles. The van der Waals surface area contributed by atoms with Crippen LogP contribution in [0.1, 0.15) is 10.4 Å². The Labute approximate surface area is 154 Å². The van der Waals surface area contributed by atoms with Gasteiger partial charge in [-0.05, 0) is 36.4 Å². The fourth-order valence-corrected chi connectivity index (χ4v) is 3.33. The van der Waals surface area contributed by atoms with Crippen molar-refractivity contribution >= 4 is 22.9 Å². The fourth-order valence-electron chi connectivity index (χ4n) is 2.49. The highest BCUT2D eigenvalue weighted by atomic mass is 32.1. The van der Waals surface area contributed by atoms with E-state index in [1.165, 1.54) is 0 Å². The zero-order chi connectivity index (χ0) is 17.8. The third kappa shape index (κ3) is 3.50. The number of hydrogen-bond acceptors (Lipinski definition) is 5. The highest BCUT2D eigenvalue weighted by Crippen LogP contribution is 2.29. The monoisotopic (exact) mass is 358 g/mol. The Morgan fingerprint density at radius 1 is 0.923 bits per heavy atom. The lowest BCUT2D eigenvalue weighted by Crippen LogP contribution is -2.11. The standard InChI is InChI=1S/C20H14N4OS/c25-19(16-4-2-8-22-12-16)23-17-5-1-3-15(11-17)18-13-26-20(24-18)14-6-9-21-10-7-14/h1-13H,(H,23,25). The van der Waals surface area contributed by atoms with Crippen LogP contribution in [-0.2, 0) is 0 Å². The topological polar surface area (TPSA) is 67.8 Å². The molecule has 4 aromatic rings. The number of pyridine rings is 2. The second-order valence-corrected chi connectivity index (χ2v) is 6.41. The van der Waals surface area contributed by atoms with Gasteiger partial charge in [0.25, 0.3) is 5.91 Å². The molecule has 0 saturated carbocycles. The molecule has 0 spiro atoms. The van der Waals surface area contributed by atoms with Crippen LogP contribution in [0.25, 0.3) is 21.8 Å². The molecule has 0 unspecified atom stereocenters. The molecule has 0 aliphatic carbocycles. The molecule has 0 radical (unpaired) electrons. The zero-order valence-electron chi connectivity index (χ0n) is 13.7. The number of benzene rings is 1. The Morgan fingerprint density at radius 2 is 1.81 bits per heavy atom. The predicted molar refractivity (Wildman–Crippen MR) is 103 cm³/mol. The average Bonchev–Trinajstić information content (AvgIpc) is 3.20. The van der Waals surface area contributed by atoms with Crippen molar-refractivity contribution in [2.75, 3.05) is 5.32 Å². The maximum absolute atomic E-state index is 12.3. The molecule has 126 valence electrons. The lowest BCUT2D eigenvalue weighted by molar-refractivity contribution is 0.102. The first-order chi connectivity index (χ1) is 12.8. The van der Waals surface area contributed by atoms with Crippen LogP contribution in [0.2, 0.25) is 0 Å². The molecule has 3 heterocycles. The van der Waals surface area contributed by atoms with Crippen LogP contribution in [0.4, 0.5) is 5.69 Å². The molecule has 0 saturated heterocycles. The van der Waals surface area contributed by atoms with Crippen molar-refractivity contribution in [3.63, 3.8) is 0 Å². The molecule has 0 atom stereocenters. The SMILES string of the molecule is O=C(Nc1cccc(-c2csc(-c3ccncc3)n2)c1)c1cccnc1. The van der Waals surface area contributed by atoms with E-state index in [0.717, 1.165) is 27.5 Å². The fraction of sp³-hybridized carbons (Fsp3) is 0. The maximum Gasteiger partial charge on any atom is 0.257 e. The van der Waals surface area contributed by atoms with Gasteiger partial charge in [0.1, 0.15) is 5.01 Å².